The van der Waals surface area contributed by atoms with E-state index < -0.39 is 11.6 Å². The Morgan fingerprint density at radius 1 is 1.33 bits per heavy atom. The Hall–Kier alpha value is -1.16. The van der Waals surface area contributed by atoms with Gasteiger partial charge in [-0.3, -0.25) is 0 Å². The van der Waals surface area contributed by atoms with Crippen molar-refractivity contribution >= 4 is 5.69 Å². The summed E-state index contributed by atoms with van der Waals surface area (Å²) >= 11 is 0. The number of rotatable bonds is 5. The second kappa shape index (κ2) is 6.14. The zero-order chi connectivity index (χ0) is 13.0. The van der Waals surface area contributed by atoms with Crippen molar-refractivity contribution in [3.05, 3.63) is 29.8 Å². The van der Waals surface area contributed by atoms with Crippen LogP contribution in [0.25, 0.3) is 0 Å². The van der Waals surface area contributed by atoms with Crippen LogP contribution in [0.3, 0.4) is 0 Å². The van der Waals surface area contributed by atoms with E-state index in [-0.39, 0.29) is 5.69 Å². The van der Waals surface area contributed by atoms with Crippen LogP contribution in [-0.4, -0.2) is 26.2 Å². The highest BCUT2D eigenvalue weighted by Crippen LogP contribution is 2.28. The third-order valence-corrected chi connectivity index (χ3v) is 3.40. The summed E-state index contributed by atoms with van der Waals surface area (Å²) in [4.78, 5) is 1.82. The molecule has 1 aromatic carbocycles. The van der Waals surface area contributed by atoms with Crippen molar-refractivity contribution in [1.82, 2.24) is 5.32 Å². The first-order chi connectivity index (χ1) is 8.72. The van der Waals surface area contributed by atoms with Crippen LogP contribution in [0.4, 0.5) is 14.5 Å². The molecule has 0 bridgehead atoms. The van der Waals surface area contributed by atoms with Gasteiger partial charge in [0.25, 0.3) is 0 Å². The van der Waals surface area contributed by atoms with Crippen LogP contribution in [0.1, 0.15) is 19.8 Å². The van der Waals surface area contributed by atoms with Crippen molar-refractivity contribution in [3.63, 3.8) is 0 Å². The van der Waals surface area contributed by atoms with Crippen molar-refractivity contribution in [2.24, 2.45) is 5.92 Å². The monoisotopic (exact) mass is 254 g/mol. The molecule has 1 unspecified atom stereocenters. The van der Waals surface area contributed by atoms with E-state index in [4.69, 9.17) is 0 Å². The highest BCUT2D eigenvalue weighted by Gasteiger charge is 2.26. The van der Waals surface area contributed by atoms with Crippen LogP contribution in [0, 0.1) is 17.6 Å². The van der Waals surface area contributed by atoms with Gasteiger partial charge in [0.15, 0.2) is 0 Å². The second-order valence-corrected chi connectivity index (χ2v) is 4.88. The van der Waals surface area contributed by atoms with Gasteiger partial charge in [0, 0.05) is 13.1 Å². The van der Waals surface area contributed by atoms with Crippen molar-refractivity contribution in [3.8, 4) is 0 Å². The first-order valence-corrected chi connectivity index (χ1v) is 6.62. The number of halogens is 2. The molecule has 1 aliphatic rings. The molecule has 0 aliphatic carbocycles. The van der Waals surface area contributed by atoms with E-state index in [1.165, 1.54) is 18.2 Å². The summed E-state index contributed by atoms with van der Waals surface area (Å²) in [5, 5.41) is 3.36. The standard InChI is InChI=1S/C14H20F2N2/c1-2-7-17-9-11-6-8-18(10-11)14-12(15)4-3-5-13(14)16/h3-5,11,17H,2,6-10H2,1H3. The zero-order valence-electron chi connectivity index (χ0n) is 10.8. The molecule has 18 heavy (non-hydrogen) atoms. The molecule has 1 aromatic rings. The average molecular weight is 254 g/mol. The summed E-state index contributed by atoms with van der Waals surface area (Å²) in [6.45, 7) is 5.53. The van der Waals surface area contributed by atoms with E-state index in [0.717, 1.165) is 39.0 Å². The molecule has 2 nitrogen and oxygen atoms in total. The summed E-state index contributed by atoms with van der Waals surface area (Å²) in [6, 6.07) is 4.05. The fraction of sp³-hybridized carbons (Fsp3) is 0.571. The first-order valence-electron chi connectivity index (χ1n) is 6.62. The predicted octanol–water partition coefficient (Wildman–Crippen LogP) is 2.79. The summed E-state index contributed by atoms with van der Waals surface area (Å²) in [7, 11) is 0. The molecule has 1 heterocycles. The molecule has 0 amide bonds. The number of nitrogens with one attached hydrogen (secondary N) is 1. The number of nitrogens with zero attached hydrogens (tertiary/aromatic N) is 1. The first kappa shape index (κ1) is 13.3. The molecule has 100 valence electrons. The molecule has 4 heteroatoms. The van der Waals surface area contributed by atoms with E-state index >= 15 is 0 Å². The Morgan fingerprint density at radius 2 is 2.06 bits per heavy atom. The topological polar surface area (TPSA) is 15.3 Å². The third-order valence-electron chi connectivity index (χ3n) is 3.40. The van der Waals surface area contributed by atoms with E-state index in [9.17, 15) is 8.78 Å². The lowest BCUT2D eigenvalue weighted by Gasteiger charge is -2.20. The van der Waals surface area contributed by atoms with Gasteiger partial charge in [-0.05, 0) is 44.0 Å². The van der Waals surface area contributed by atoms with Gasteiger partial charge in [-0.2, -0.15) is 0 Å². The summed E-state index contributed by atoms with van der Waals surface area (Å²) in [5.74, 6) is -0.440. The molecular weight excluding hydrogens is 234 g/mol. The Morgan fingerprint density at radius 3 is 2.72 bits per heavy atom. The molecule has 1 fully saturated rings. The van der Waals surface area contributed by atoms with Crippen LogP contribution in [0.15, 0.2) is 18.2 Å². The van der Waals surface area contributed by atoms with Crippen LogP contribution in [0.5, 0.6) is 0 Å². The number of hydrogen-bond donors (Lipinski definition) is 1. The Kier molecular flexibility index (Phi) is 4.53. The Balaban J connectivity index is 1.96. The quantitative estimate of drug-likeness (QED) is 0.813. The van der Waals surface area contributed by atoms with E-state index in [1.54, 1.807) is 0 Å². The molecule has 0 spiro atoms. The van der Waals surface area contributed by atoms with Gasteiger partial charge in [-0.1, -0.05) is 13.0 Å². The highest BCUT2D eigenvalue weighted by atomic mass is 19.1. The normalized spacial score (nSPS) is 19.5. The fourth-order valence-corrected chi connectivity index (χ4v) is 2.48. The van der Waals surface area contributed by atoms with Crippen molar-refractivity contribution in [2.75, 3.05) is 31.1 Å². The maximum atomic E-state index is 13.6. The molecule has 1 atom stereocenters. The summed E-state index contributed by atoms with van der Waals surface area (Å²) < 4.78 is 27.3. The minimum atomic E-state index is -0.461. The van der Waals surface area contributed by atoms with E-state index in [0.29, 0.717) is 5.92 Å². The van der Waals surface area contributed by atoms with Gasteiger partial charge >= 0.3 is 0 Å². The third kappa shape index (κ3) is 2.99. The maximum Gasteiger partial charge on any atom is 0.149 e. The minimum absolute atomic E-state index is 0.135. The number of para-hydroxylation sites is 1. The maximum absolute atomic E-state index is 13.6. The lowest BCUT2D eigenvalue weighted by atomic mass is 10.1. The lowest BCUT2D eigenvalue weighted by molar-refractivity contribution is 0.514. The minimum Gasteiger partial charge on any atom is -0.366 e. The van der Waals surface area contributed by atoms with Crippen molar-refractivity contribution in [2.45, 2.75) is 19.8 Å². The number of anilines is 1. The molecule has 0 radical (unpaired) electrons. The van der Waals surface area contributed by atoms with Gasteiger partial charge in [0.2, 0.25) is 0 Å². The molecule has 1 N–H and O–H groups in total. The largest absolute Gasteiger partial charge is 0.366 e. The van der Waals surface area contributed by atoms with Crippen LogP contribution in [0.2, 0.25) is 0 Å². The lowest BCUT2D eigenvalue weighted by Crippen LogP contribution is -2.27. The second-order valence-electron chi connectivity index (χ2n) is 4.88. The van der Waals surface area contributed by atoms with Crippen LogP contribution >= 0.6 is 0 Å². The SMILES string of the molecule is CCCNCC1CCN(c2c(F)cccc2F)C1. The Bertz CT molecular complexity index is 375. The molecule has 2 rings (SSSR count). The average Bonchev–Trinajstić information content (AvgIpc) is 2.78. The summed E-state index contributed by atoms with van der Waals surface area (Å²) in [6.07, 6.45) is 2.10. The van der Waals surface area contributed by atoms with Gasteiger partial charge in [0.05, 0.1) is 0 Å². The fourth-order valence-electron chi connectivity index (χ4n) is 2.48. The summed E-state index contributed by atoms with van der Waals surface area (Å²) in [5.41, 5.74) is 0.135. The van der Waals surface area contributed by atoms with Gasteiger partial charge in [-0.15, -0.1) is 0 Å². The molecule has 0 saturated carbocycles. The van der Waals surface area contributed by atoms with Crippen molar-refractivity contribution < 1.29 is 8.78 Å². The number of benzene rings is 1. The van der Waals surface area contributed by atoms with Gasteiger partial charge in [-0.25, -0.2) is 8.78 Å². The van der Waals surface area contributed by atoms with Gasteiger partial charge < -0.3 is 10.2 Å². The molecule has 0 aromatic heterocycles. The molecular formula is C14H20F2N2. The van der Waals surface area contributed by atoms with E-state index in [2.05, 4.69) is 12.2 Å². The smallest absolute Gasteiger partial charge is 0.149 e. The number of hydrogen-bond acceptors (Lipinski definition) is 2. The van der Waals surface area contributed by atoms with Crippen LogP contribution < -0.4 is 10.2 Å². The van der Waals surface area contributed by atoms with Crippen LogP contribution in [-0.2, 0) is 0 Å². The predicted molar refractivity (Wildman–Crippen MR) is 69.8 cm³/mol. The Labute approximate surface area is 107 Å². The molecule has 1 aliphatic heterocycles. The van der Waals surface area contributed by atoms with Gasteiger partial charge in [0.1, 0.15) is 17.3 Å². The molecule has 1 saturated heterocycles. The van der Waals surface area contributed by atoms with Crippen molar-refractivity contribution in [1.29, 1.82) is 0 Å². The van der Waals surface area contributed by atoms with E-state index in [1.807, 2.05) is 4.90 Å². The highest BCUT2D eigenvalue weighted by molar-refractivity contribution is 5.50. The zero-order valence-corrected chi connectivity index (χ0v) is 10.8.